The van der Waals surface area contributed by atoms with E-state index in [2.05, 4.69) is 0 Å². The van der Waals surface area contributed by atoms with Crippen molar-refractivity contribution in [3.63, 3.8) is 0 Å². The molecule has 1 aromatic carbocycles. The highest BCUT2D eigenvalue weighted by Crippen LogP contribution is 2.44. The largest absolute Gasteiger partial charge is 0.480 e. The van der Waals surface area contributed by atoms with E-state index in [4.69, 9.17) is 4.74 Å². The monoisotopic (exact) mass is 333 g/mol. The summed E-state index contributed by atoms with van der Waals surface area (Å²) in [6.45, 7) is 6.65. The number of Topliss-reactive ketones (excluding diaryl/α,β-unsaturated/α-hetero) is 1. The third-order valence-corrected chi connectivity index (χ3v) is 4.46. The Labute approximate surface area is 141 Å². The Morgan fingerprint density at radius 1 is 1.29 bits per heavy atom. The van der Waals surface area contributed by atoms with Crippen LogP contribution >= 0.6 is 0 Å². The van der Waals surface area contributed by atoms with Crippen LogP contribution in [0.3, 0.4) is 0 Å². The van der Waals surface area contributed by atoms with Gasteiger partial charge in [0.05, 0.1) is 12.6 Å². The third-order valence-electron chi connectivity index (χ3n) is 4.46. The molecule has 1 N–H and O–H groups in total. The molecule has 2 rings (SSSR count). The summed E-state index contributed by atoms with van der Waals surface area (Å²) < 4.78 is 5.30. The quantitative estimate of drug-likeness (QED) is 0.860. The lowest BCUT2D eigenvalue weighted by Gasteiger charge is -2.39. The first-order valence-electron chi connectivity index (χ1n) is 7.82. The van der Waals surface area contributed by atoms with E-state index in [9.17, 15) is 19.5 Å². The normalized spacial score (nSPS) is 24.1. The van der Waals surface area contributed by atoms with Gasteiger partial charge in [0.2, 0.25) is 0 Å². The number of benzene rings is 1. The molecule has 1 amide bonds. The fourth-order valence-corrected chi connectivity index (χ4v) is 3.42. The maximum Gasteiger partial charge on any atom is 0.410 e. The van der Waals surface area contributed by atoms with Gasteiger partial charge in [0, 0.05) is 0 Å². The van der Waals surface area contributed by atoms with Crippen molar-refractivity contribution < 1.29 is 24.2 Å². The Morgan fingerprint density at radius 3 is 2.38 bits per heavy atom. The second kappa shape index (κ2) is 6.26. The minimum Gasteiger partial charge on any atom is -0.480 e. The highest BCUT2D eigenvalue weighted by molar-refractivity contribution is 6.08. The van der Waals surface area contributed by atoms with Gasteiger partial charge in [-0.15, -0.1) is 0 Å². The van der Waals surface area contributed by atoms with Crippen LogP contribution in [0.15, 0.2) is 30.3 Å². The number of ketones is 1. The number of nitrogens with zero attached hydrogens (tertiary/aromatic N) is 1. The maximum atomic E-state index is 12.5. The van der Waals surface area contributed by atoms with E-state index >= 15 is 0 Å². The van der Waals surface area contributed by atoms with Crippen LogP contribution in [0.1, 0.15) is 33.3 Å². The van der Waals surface area contributed by atoms with Crippen LogP contribution in [0, 0.1) is 10.8 Å². The van der Waals surface area contributed by atoms with Crippen LogP contribution in [-0.2, 0) is 20.9 Å². The van der Waals surface area contributed by atoms with E-state index in [1.54, 1.807) is 0 Å². The molecule has 1 aliphatic heterocycles. The molecule has 1 saturated heterocycles. The predicted molar refractivity (Wildman–Crippen MR) is 87.3 cm³/mol. The summed E-state index contributed by atoms with van der Waals surface area (Å²) in [4.78, 5) is 37.8. The Morgan fingerprint density at radius 2 is 1.88 bits per heavy atom. The molecule has 0 aliphatic carbocycles. The van der Waals surface area contributed by atoms with Gasteiger partial charge in [-0.1, -0.05) is 51.1 Å². The summed E-state index contributed by atoms with van der Waals surface area (Å²) in [6, 6.07) is 8.40. The predicted octanol–water partition coefficient (Wildman–Crippen LogP) is 2.71. The number of hydrogen-bond acceptors (Lipinski definition) is 4. The Balaban J connectivity index is 2.23. The zero-order chi connectivity index (χ0) is 18.1. The lowest BCUT2D eigenvalue weighted by Crippen LogP contribution is -2.53. The van der Waals surface area contributed by atoms with Gasteiger partial charge < -0.3 is 9.84 Å². The lowest BCUT2D eigenvalue weighted by molar-refractivity contribution is -0.155. The molecule has 1 fully saturated rings. The van der Waals surface area contributed by atoms with Gasteiger partial charge in [0.25, 0.3) is 0 Å². The van der Waals surface area contributed by atoms with Gasteiger partial charge in [-0.2, -0.15) is 0 Å². The van der Waals surface area contributed by atoms with Crippen LogP contribution < -0.4 is 0 Å². The average Bonchev–Trinajstić information content (AvgIpc) is 2.79. The van der Waals surface area contributed by atoms with Crippen LogP contribution in [0.5, 0.6) is 0 Å². The summed E-state index contributed by atoms with van der Waals surface area (Å²) in [5, 5.41) is 9.58. The number of carbonyl (C=O) groups is 3. The first-order valence-corrected chi connectivity index (χ1v) is 7.82. The minimum absolute atomic E-state index is 0.0744. The van der Waals surface area contributed by atoms with Crippen molar-refractivity contribution in [2.75, 3.05) is 6.54 Å². The molecule has 0 radical (unpaired) electrons. The Bertz CT molecular complexity index is 649. The molecule has 2 atom stereocenters. The molecule has 6 heteroatoms. The number of carboxylic acids is 1. The number of likely N-dealkylation sites (tertiary alicyclic amines) is 1. The number of rotatable bonds is 3. The highest BCUT2D eigenvalue weighted by atomic mass is 16.6. The molecular formula is C18H23NO5. The second-order valence-corrected chi connectivity index (χ2v) is 7.37. The molecule has 1 heterocycles. The number of aliphatic carboxylic acids is 1. The van der Waals surface area contributed by atoms with Crippen molar-refractivity contribution in [1.29, 1.82) is 0 Å². The molecule has 130 valence electrons. The fraction of sp³-hybridized carbons (Fsp3) is 0.500. The van der Waals surface area contributed by atoms with Crippen molar-refractivity contribution in [1.82, 2.24) is 4.90 Å². The summed E-state index contributed by atoms with van der Waals surface area (Å²) in [5.74, 6) is -1.70. The summed E-state index contributed by atoms with van der Waals surface area (Å²) in [6.07, 6.45) is -0.669. The minimum atomic E-state index is -1.63. The highest BCUT2D eigenvalue weighted by Gasteiger charge is 2.61. The number of hydrogen-bond donors (Lipinski definition) is 1. The number of ether oxygens (including phenoxy) is 1. The van der Waals surface area contributed by atoms with Gasteiger partial charge in [0.15, 0.2) is 5.78 Å². The van der Waals surface area contributed by atoms with Crippen LogP contribution in [-0.4, -0.2) is 40.4 Å². The molecule has 0 bridgehead atoms. The molecule has 6 nitrogen and oxygen atoms in total. The average molecular weight is 333 g/mol. The standard InChI is InChI=1S/C18H23NO5/c1-17(2,3)14-18(4,15(21)22)13(20)10-19(14)16(23)24-11-12-8-6-5-7-9-12/h5-9,14H,10-11H2,1-4H3,(H,21,22)/t14-,18?/m1/s1. The Kier molecular flexibility index (Phi) is 4.69. The number of carbonyl (C=O) groups excluding carboxylic acids is 2. The SMILES string of the molecule is CC(C)(C)[C@H]1N(C(=O)OCc2ccccc2)CC(=O)C1(C)C(=O)O. The number of amides is 1. The topological polar surface area (TPSA) is 83.9 Å². The molecule has 1 unspecified atom stereocenters. The van der Waals surface area contributed by atoms with Crippen molar-refractivity contribution in [3.8, 4) is 0 Å². The third kappa shape index (κ3) is 3.13. The van der Waals surface area contributed by atoms with E-state index in [0.717, 1.165) is 5.56 Å². The fourth-order valence-electron chi connectivity index (χ4n) is 3.42. The van der Waals surface area contributed by atoms with Crippen LogP contribution in [0.4, 0.5) is 4.79 Å². The van der Waals surface area contributed by atoms with E-state index in [0.29, 0.717) is 0 Å². The zero-order valence-electron chi connectivity index (χ0n) is 14.4. The Hall–Kier alpha value is -2.37. The van der Waals surface area contributed by atoms with E-state index in [1.165, 1.54) is 11.8 Å². The van der Waals surface area contributed by atoms with Crippen LogP contribution in [0.25, 0.3) is 0 Å². The van der Waals surface area contributed by atoms with E-state index < -0.39 is 34.7 Å². The molecule has 0 saturated carbocycles. The zero-order valence-corrected chi connectivity index (χ0v) is 14.4. The summed E-state index contributed by atoms with van der Waals surface area (Å²) in [7, 11) is 0. The molecular weight excluding hydrogens is 310 g/mol. The van der Waals surface area contributed by atoms with Crippen molar-refractivity contribution in [2.45, 2.75) is 40.3 Å². The second-order valence-electron chi connectivity index (χ2n) is 7.37. The maximum absolute atomic E-state index is 12.5. The lowest BCUT2D eigenvalue weighted by atomic mass is 9.70. The van der Waals surface area contributed by atoms with E-state index in [-0.39, 0.29) is 13.2 Å². The molecule has 24 heavy (non-hydrogen) atoms. The van der Waals surface area contributed by atoms with Crippen molar-refractivity contribution in [2.24, 2.45) is 10.8 Å². The first-order chi connectivity index (χ1) is 11.1. The van der Waals surface area contributed by atoms with Gasteiger partial charge in [-0.05, 0) is 17.9 Å². The van der Waals surface area contributed by atoms with Gasteiger partial charge in [-0.25, -0.2) is 4.79 Å². The summed E-state index contributed by atoms with van der Waals surface area (Å²) in [5.41, 5.74) is -1.40. The van der Waals surface area contributed by atoms with Gasteiger partial charge in [0.1, 0.15) is 12.0 Å². The van der Waals surface area contributed by atoms with Crippen molar-refractivity contribution in [3.05, 3.63) is 35.9 Å². The summed E-state index contributed by atoms with van der Waals surface area (Å²) >= 11 is 0. The van der Waals surface area contributed by atoms with Gasteiger partial charge >= 0.3 is 12.1 Å². The van der Waals surface area contributed by atoms with Gasteiger partial charge in [-0.3, -0.25) is 14.5 Å². The van der Waals surface area contributed by atoms with Crippen molar-refractivity contribution >= 4 is 17.8 Å². The molecule has 0 aromatic heterocycles. The smallest absolute Gasteiger partial charge is 0.410 e. The van der Waals surface area contributed by atoms with E-state index in [1.807, 2.05) is 51.1 Å². The molecule has 1 aromatic rings. The number of carboxylic acid groups (broad SMARTS) is 1. The molecule has 0 spiro atoms. The van der Waals surface area contributed by atoms with Crippen LogP contribution in [0.2, 0.25) is 0 Å². The first kappa shape index (κ1) is 18.0. The molecule has 1 aliphatic rings.